The molecule has 0 aromatic rings. The number of rotatable bonds is 4. The number of aliphatic hydroxyl groups excluding tert-OH is 1. The molecule has 64 valence electrons. The van der Waals surface area contributed by atoms with E-state index in [2.05, 4.69) is 11.8 Å². The molecule has 0 fully saturated rings. The molecule has 0 unspecified atom stereocenters. The van der Waals surface area contributed by atoms with Crippen LogP contribution >= 0.6 is 0 Å². The third-order valence-corrected chi connectivity index (χ3v) is 0.930. The zero-order chi connectivity index (χ0) is 8.53. The fourth-order valence-electron chi connectivity index (χ4n) is 0.453. The number of hydrogen-bond acceptors (Lipinski definition) is 3. The summed E-state index contributed by atoms with van der Waals surface area (Å²) in [6.45, 7) is 1.60. The predicted octanol–water partition coefficient (Wildman–Crippen LogP) is -0.440. The highest BCUT2D eigenvalue weighted by Gasteiger charge is 1.81. The largest absolute Gasteiger partial charge is 0.394 e. The van der Waals surface area contributed by atoms with Gasteiger partial charge in [-0.05, 0) is 14.1 Å². The lowest BCUT2D eigenvalue weighted by Gasteiger charge is -2.00. The van der Waals surface area contributed by atoms with Gasteiger partial charge >= 0.3 is 0 Å². The van der Waals surface area contributed by atoms with Gasteiger partial charge in [0.2, 0.25) is 0 Å². The molecule has 0 aromatic heterocycles. The third-order valence-electron chi connectivity index (χ3n) is 0.930. The first-order valence-corrected chi connectivity index (χ1v) is 3.56. The second-order valence-electron chi connectivity index (χ2n) is 2.37. The van der Waals surface area contributed by atoms with Crippen molar-refractivity contribution in [2.45, 2.75) is 0 Å². The first-order chi connectivity index (χ1) is 5.27. The van der Waals surface area contributed by atoms with E-state index in [0.29, 0.717) is 13.2 Å². The number of ether oxygens (including phenoxy) is 1. The molecule has 3 nitrogen and oxygen atoms in total. The molecule has 1 N–H and O–H groups in total. The van der Waals surface area contributed by atoms with Crippen molar-refractivity contribution in [3.05, 3.63) is 0 Å². The minimum Gasteiger partial charge on any atom is -0.394 e. The van der Waals surface area contributed by atoms with Gasteiger partial charge in [0.05, 0.1) is 19.8 Å². The van der Waals surface area contributed by atoms with E-state index in [1.807, 2.05) is 19.0 Å². The van der Waals surface area contributed by atoms with Crippen LogP contribution in [0.4, 0.5) is 0 Å². The van der Waals surface area contributed by atoms with Gasteiger partial charge in [-0.15, -0.1) is 0 Å². The van der Waals surface area contributed by atoms with Gasteiger partial charge in [-0.1, -0.05) is 11.8 Å². The van der Waals surface area contributed by atoms with Crippen LogP contribution in [0.2, 0.25) is 0 Å². The molecule has 3 heteroatoms. The van der Waals surface area contributed by atoms with Crippen LogP contribution in [0.1, 0.15) is 0 Å². The third kappa shape index (κ3) is 9.44. The highest BCUT2D eigenvalue weighted by atomic mass is 16.5. The average molecular weight is 157 g/mol. The lowest BCUT2D eigenvalue weighted by molar-refractivity contribution is 0.115. The van der Waals surface area contributed by atoms with Crippen LogP contribution in [0.5, 0.6) is 0 Å². The molecule has 11 heavy (non-hydrogen) atoms. The van der Waals surface area contributed by atoms with E-state index >= 15 is 0 Å². The van der Waals surface area contributed by atoms with Crippen LogP contribution in [0.25, 0.3) is 0 Å². The molecule has 0 heterocycles. The highest BCUT2D eigenvalue weighted by Crippen LogP contribution is 1.72. The quantitative estimate of drug-likeness (QED) is 0.443. The molecule has 0 aromatic carbocycles. The number of hydrogen-bond donors (Lipinski definition) is 1. The summed E-state index contributed by atoms with van der Waals surface area (Å²) in [7, 11) is 3.92. The summed E-state index contributed by atoms with van der Waals surface area (Å²) in [6, 6.07) is 0. The van der Waals surface area contributed by atoms with Crippen LogP contribution < -0.4 is 0 Å². The summed E-state index contributed by atoms with van der Waals surface area (Å²) in [5.41, 5.74) is 0. The molecular formula is C8H15NO2. The topological polar surface area (TPSA) is 32.7 Å². The lowest BCUT2D eigenvalue weighted by Crippen LogP contribution is -2.11. The molecule has 0 saturated carbocycles. The zero-order valence-electron chi connectivity index (χ0n) is 7.13. The first kappa shape index (κ1) is 10.4. The van der Waals surface area contributed by atoms with Crippen LogP contribution in [-0.4, -0.2) is 50.5 Å². The van der Waals surface area contributed by atoms with Crippen LogP contribution in [0.3, 0.4) is 0 Å². The Morgan fingerprint density at radius 3 is 2.64 bits per heavy atom. The Kier molecular flexibility index (Phi) is 7.16. The van der Waals surface area contributed by atoms with E-state index in [4.69, 9.17) is 9.84 Å². The van der Waals surface area contributed by atoms with Gasteiger partial charge in [0, 0.05) is 0 Å². The van der Waals surface area contributed by atoms with Gasteiger partial charge in [-0.25, -0.2) is 0 Å². The van der Waals surface area contributed by atoms with Crippen molar-refractivity contribution in [2.75, 3.05) is 40.5 Å². The Bertz CT molecular complexity index is 135. The maximum atomic E-state index is 8.33. The molecule has 0 amide bonds. The van der Waals surface area contributed by atoms with Gasteiger partial charge in [0.25, 0.3) is 0 Å². The van der Waals surface area contributed by atoms with Crippen molar-refractivity contribution < 1.29 is 9.84 Å². The predicted molar refractivity (Wildman–Crippen MR) is 44.2 cm³/mol. The monoisotopic (exact) mass is 157 g/mol. The van der Waals surface area contributed by atoms with E-state index < -0.39 is 0 Å². The molecule has 0 radical (unpaired) electrons. The van der Waals surface area contributed by atoms with E-state index in [-0.39, 0.29) is 6.61 Å². The fraction of sp³-hybridized carbons (Fsp3) is 0.750. The minimum atomic E-state index is 0.0648. The smallest absolute Gasteiger partial charge is 0.107 e. The van der Waals surface area contributed by atoms with Crippen LogP contribution in [-0.2, 0) is 4.74 Å². The highest BCUT2D eigenvalue weighted by molar-refractivity contribution is 5.00. The van der Waals surface area contributed by atoms with Crippen molar-refractivity contribution in [3.8, 4) is 11.8 Å². The van der Waals surface area contributed by atoms with E-state index in [0.717, 1.165) is 6.54 Å². The van der Waals surface area contributed by atoms with Crippen LogP contribution in [0, 0.1) is 11.8 Å². The van der Waals surface area contributed by atoms with E-state index in [9.17, 15) is 0 Å². The average Bonchev–Trinajstić information content (AvgIpc) is 1.96. The Morgan fingerprint density at radius 2 is 2.09 bits per heavy atom. The lowest BCUT2D eigenvalue weighted by atomic mass is 10.5. The van der Waals surface area contributed by atoms with Crippen molar-refractivity contribution in [2.24, 2.45) is 0 Å². The van der Waals surface area contributed by atoms with Gasteiger partial charge in [-0.3, -0.25) is 4.90 Å². The Hall–Kier alpha value is -0.560. The maximum Gasteiger partial charge on any atom is 0.107 e. The molecule has 0 atom stereocenters. The standard InChI is InChI=1S/C8H15NO2/c1-9(2)5-3-4-7-11-8-6-10/h10H,5-8H2,1-2H3. The second-order valence-corrected chi connectivity index (χ2v) is 2.37. The van der Waals surface area contributed by atoms with Gasteiger partial charge in [0.15, 0.2) is 0 Å². The maximum absolute atomic E-state index is 8.33. The fourth-order valence-corrected chi connectivity index (χ4v) is 0.453. The van der Waals surface area contributed by atoms with Crippen molar-refractivity contribution in [3.63, 3.8) is 0 Å². The van der Waals surface area contributed by atoms with Gasteiger partial charge in [-0.2, -0.15) is 0 Å². The minimum absolute atomic E-state index is 0.0648. The van der Waals surface area contributed by atoms with Gasteiger partial charge in [0.1, 0.15) is 6.61 Å². The number of aliphatic hydroxyl groups is 1. The van der Waals surface area contributed by atoms with E-state index in [1.165, 1.54) is 0 Å². The Balaban J connectivity index is 3.12. The summed E-state index contributed by atoms with van der Waals surface area (Å²) < 4.78 is 4.92. The van der Waals surface area contributed by atoms with Crippen molar-refractivity contribution in [1.82, 2.24) is 4.90 Å². The normalized spacial score (nSPS) is 9.45. The number of nitrogens with zero attached hydrogens (tertiary/aromatic N) is 1. The Labute approximate surface area is 68.0 Å². The molecule has 0 bridgehead atoms. The summed E-state index contributed by atoms with van der Waals surface area (Å²) in [5, 5.41) is 8.33. The molecule has 0 aliphatic carbocycles. The zero-order valence-corrected chi connectivity index (χ0v) is 7.13. The van der Waals surface area contributed by atoms with Gasteiger partial charge < -0.3 is 9.84 Å². The molecule has 0 aliphatic rings. The molecule has 0 rings (SSSR count). The SMILES string of the molecule is CN(C)CC#CCOCCO. The summed E-state index contributed by atoms with van der Waals surface area (Å²) in [5.74, 6) is 5.74. The molecular weight excluding hydrogens is 142 g/mol. The van der Waals surface area contributed by atoms with Crippen molar-refractivity contribution in [1.29, 1.82) is 0 Å². The Morgan fingerprint density at radius 1 is 1.36 bits per heavy atom. The summed E-state index contributed by atoms with van der Waals surface area (Å²) >= 11 is 0. The molecule has 0 aliphatic heterocycles. The van der Waals surface area contributed by atoms with Crippen molar-refractivity contribution >= 4 is 0 Å². The molecule has 0 saturated heterocycles. The summed E-state index contributed by atoms with van der Waals surface area (Å²) in [6.07, 6.45) is 0. The molecule has 0 spiro atoms. The first-order valence-electron chi connectivity index (χ1n) is 3.56. The summed E-state index contributed by atoms with van der Waals surface area (Å²) in [4.78, 5) is 1.99. The second kappa shape index (κ2) is 7.55. The van der Waals surface area contributed by atoms with E-state index in [1.54, 1.807) is 0 Å². The van der Waals surface area contributed by atoms with Crippen LogP contribution in [0.15, 0.2) is 0 Å².